The van der Waals surface area contributed by atoms with Gasteiger partial charge in [0.15, 0.2) is 0 Å². The van der Waals surface area contributed by atoms with E-state index in [1.165, 1.54) is 0 Å². The zero-order valence-corrected chi connectivity index (χ0v) is 14.6. The van der Waals surface area contributed by atoms with Crippen LogP contribution in [0.15, 0.2) is 18.2 Å². The Balaban J connectivity index is 2.56. The lowest BCUT2D eigenvalue weighted by molar-refractivity contribution is -0.136. The number of amides is 2. The maximum Gasteiger partial charge on any atom is 0.313 e. The van der Waals surface area contributed by atoms with E-state index in [1.54, 1.807) is 12.1 Å². The van der Waals surface area contributed by atoms with Gasteiger partial charge in [-0.15, -0.1) is 0 Å². The van der Waals surface area contributed by atoms with E-state index in [1.807, 2.05) is 13.0 Å². The Kier molecular flexibility index (Phi) is 8.06. The van der Waals surface area contributed by atoms with Gasteiger partial charge in [-0.3, -0.25) is 9.59 Å². The summed E-state index contributed by atoms with van der Waals surface area (Å²) >= 11 is 6.00. The Hall–Kier alpha value is -1.59. The van der Waals surface area contributed by atoms with Crippen molar-refractivity contribution in [3.63, 3.8) is 0 Å². The molecule has 6 heteroatoms. The summed E-state index contributed by atoms with van der Waals surface area (Å²) in [5, 5.41) is 14.6. The normalized spacial score (nSPS) is 12.1. The third-order valence-electron chi connectivity index (χ3n) is 3.47. The Morgan fingerprint density at radius 2 is 1.96 bits per heavy atom. The summed E-state index contributed by atoms with van der Waals surface area (Å²) in [6.45, 7) is 6.47. The number of halogens is 1. The Morgan fingerprint density at radius 3 is 2.57 bits per heavy atom. The second-order valence-corrected chi connectivity index (χ2v) is 6.56. The van der Waals surface area contributed by atoms with Crippen molar-refractivity contribution in [2.75, 3.05) is 18.5 Å². The van der Waals surface area contributed by atoms with Gasteiger partial charge in [-0.05, 0) is 49.3 Å². The van der Waals surface area contributed by atoms with E-state index in [0.29, 0.717) is 29.6 Å². The molecule has 0 aliphatic carbocycles. The highest BCUT2D eigenvalue weighted by molar-refractivity contribution is 6.41. The quantitative estimate of drug-likeness (QED) is 0.668. The van der Waals surface area contributed by atoms with Crippen molar-refractivity contribution in [3.8, 4) is 0 Å². The van der Waals surface area contributed by atoms with Crippen LogP contribution < -0.4 is 10.6 Å². The van der Waals surface area contributed by atoms with Crippen molar-refractivity contribution in [2.45, 2.75) is 33.6 Å². The van der Waals surface area contributed by atoms with Crippen LogP contribution in [0.2, 0.25) is 5.02 Å². The summed E-state index contributed by atoms with van der Waals surface area (Å²) < 4.78 is 0. The number of anilines is 1. The van der Waals surface area contributed by atoms with Crippen molar-refractivity contribution in [1.29, 1.82) is 0 Å². The van der Waals surface area contributed by atoms with Crippen LogP contribution >= 0.6 is 11.6 Å². The lowest BCUT2D eigenvalue weighted by Crippen LogP contribution is -2.38. The molecule has 128 valence electrons. The van der Waals surface area contributed by atoms with Crippen LogP contribution in [0.4, 0.5) is 5.69 Å². The van der Waals surface area contributed by atoms with Crippen LogP contribution in [0.3, 0.4) is 0 Å². The maximum atomic E-state index is 11.9. The number of benzene rings is 1. The van der Waals surface area contributed by atoms with Crippen LogP contribution in [0, 0.1) is 18.8 Å². The number of aliphatic hydroxyl groups is 1. The minimum atomic E-state index is -0.746. The fourth-order valence-electron chi connectivity index (χ4n) is 2.38. The predicted molar refractivity (Wildman–Crippen MR) is 92.5 cm³/mol. The summed E-state index contributed by atoms with van der Waals surface area (Å²) in [5.41, 5.74) is 1.35. The Bertz CT molecular complexity index is 547. The molecule has 0 saturated carbocycles. The number of rotatable bonds is 7. The van der Waals surface area contributed by atoms with Gasteiger partial charge in [-0.2, -0.15) is 0 Å². The number of hydrogen-bond donors (Lipinski definition) is 3. The molecule has 0 aliphatic heterocycles. The van der Waals surface area contributed by atoms with Gasteiger partial charge in [0.2, 0.25) is 0 Å². The van der Waals surface area contributed by atoms with Crippen LogP contribution in [-0.4, -0.2) is 30.1 Å². The topological polar surface area (TPSA) is 78.4 Å². The first-order valence-electron chi connectivity index (χ1n) is 7.79. The van der Waals surface area contributed by atoms with Crippen LogP contribution in [-0.2, 0) is 9.59 Å². The molecule has 2 amide bonds. The molecule has 5 nitrogen and oxygen atoms in total. The van der Waals surface area contributed by atoms with Crippen LogP contribution in [0.25, 0.3) is 0 Å². The average molecular weight is 341 g/mol. The van der Waals surface area contributed by atoms with E-state index in [4.69, 9.17) is 16.7 Å². The lowest BCUT2D eigenvalue weighted by Gasteiger charge is -2.18. The smallest absolute Gasteiger partial charge is 0.313 e. The van der Waals surface area contributed by atoms with E-state index in [0.717, 1.165) is 12.0 Å². The Morgan fingerprint density at radius 1 is 1.26 bits per heavy atom. The Labute approximate surface area is 142 Å². The molecule has 1 atom stereocenters. The monoisotopic (exact) mass is 340 g/mol. The zero-order chi connectivity index (χ0) is 17.4. The van der Waals surface area contributed by atoms with E-state index in [9.17, 15) is 9.59 Å². The first kappa shape index (κ1) is 19.5. The van der Waals surface area contributed by atoms with Crippen molar-refractivity contribution < 1.29 is 14.7 Å². The third kappa shape index (κ3) is 7.01. The van der Waals surface area contributed by atoms with E-state index in [2.05, 4.69) is 24.5 Å². The molecule has 1 rings (SSSR count). The first-order valence-corrected chi connectivity index (χ1v) is 8.17. The molecular formula is C17H25ClN2O3. The molecule has 0 bridgehead atoms. The standard InChI is InChI=1S/C17H25ClN2O3/c1-11(2)8-13(6-7-21)10-19-16(22)17(23)20-15-9-12(3)4-5-14(15)18/h4-5,9,11,13,21H,6-8,10H2,1-3H3,(H,19,22)(H,20,23). The van der Waals surface area contributed by atoms with Gasteiger partial charge < -0.3 is 15.7 Å². The van der Waals surface area contributed by atoms with E-state index < -0.39 is 11.8 Å². The number of hydrogen-bond acceptors (Lipinski definition) is 3. The molecule has 0 saturated heterocycles. The molecular weight excluding hydrogens is 316 g/mol. The number of carbonyl (C=O) groups is 2. The molecule has 1 unspecified atom stereocenters. The summed E-state index contributed by atoms with van der Waals surface area (Å²) in [6, 6.07) is 5.20. The van der Waals surface area contributed by atoms with Gasteiger partial charge in [0.1, 0.15) is 0 Å². The zero-order valence-electron chi connectivity index (χ0n) is 13.9. The van der Waals surface area contributed by atoms with Crippen molar-refractivity contribution in [1.82, 2.24) is 5.32 Å². The molecule has 0 aliphatic rings. The molecule has 23 heavy (non-hydrogen) atoms. The van der Waals surface area contributed by atoms with Gasteiger partial charge in [0, 0.05) is 13.2 Å². The fraction of sp³-hybridized carbons (Fsp3) is 0.529. The third-order valence-corrected chi connectivity index (χ3v) is 3.80. The van der Waals surface area contributed by atoms with E-state index in [-0.39, 0.29) is 12.5 Å². The van der Waals surface area contributed by atoms with Crippen molar-refractivity contribution >= 4 is 29.1 Å². The average Bonchev–Trinajstić information content (AvgIpc) is 2.47. The van der Waals surface area contributed by atoms with Gasteiger partial charge >= 0.3 is 11.8 Å². The fourth-order valence-corrected chi connectivity index (χ4v) is 2.55. The minimum Gasteiger partial charge on any atom is -0.396 e. The van der Waals surface area contributed by atoms with Crippen molar-refractivity contribution in [3.05, 3.63) is 28.8 Å². The summed E-state index contributed by atoms with van der Waals surface area (Å²) in [7, 11) is 0. The molecule has 0 heterocycles. The van der Waals surface area contributed by atoms with Gasteiger partial charge in [-0.1, -0.05) is 31.5 Å². The highest BCUT2D eigenvalue weighted by atomic mass is 35.5. The highest BCUT2D eigenvalue weighted by Gasteiger charge is 2.17. The van der Waals surface area contributed by atoms with Crippen LogP contribution in [0.1, 0.15) is 32.3 Å². The SMILES string of the molecule is Cc1ccc(Cl)c(NC(=O)C(=O)NCC(CCO)CC(C)C)c1. The number of nitrogens with one attached hydrogen (secondary N) is 2. The molecule has 1 aromatic carbocycles. The molecule has 0 aromatic heterocycles. The number of aliphatic hydroxyl groups excluding tert-OH is 1. The summed E-state index contributed by atoms with van der Waals surface area (Å²) in [4.78, 5) is 23.8. The molecule has 3 N–H and O–H groups in total. The largest absolute Gasteiger partial charge is 0.396 e. The molecule has 0 spiro atoms. The number of carbonyl (C=O) groups excluding carboxylic acids is 2. The minimum absolute atomic E-state index is 0.0678. The predicted octanol–water partition coefficient (Wildman–Crippen LogP) is 2.75. The second-order valence-electron chi connectivity index (χ2n) is 6.16. The van der Waals surface area contributed by atoms with E-state index >= 15 is 0 Å². The summed E-state index contributed by atoms with van der Waals surface area (Å²) in [5.74, 6) is -0.832. The van der Waals surface area contributed by atoms with Gasteiger partial charge in [-0.25, -0.2) is 0 Å². The van der Waals surface area contributed by atoms with Crippen LogP contribution in [0.5, 0.6) is 0 Å². The van der Waals surface area contributed by atoms with Gasteiger partial charge in [0.05, 0.1) is 10.7 Å². The lowest BCUT2D eigenvalue weighted by atomic mass is 9.94. The maximum absolute atomic E-state index is 11.9. The van der Waals surface area contributed by atoms with Gasteiger partial charge in [0.25, 0.3) is 0 Å². The summed E-state index contributed by atoms with van der Waals surface area (Å²) in [6.07, 6.45) is 1.48. The molecule has 1 aromatic rings. The first-order chi connectivity index (χ1) is 10.8. The highest BCUT2D eigenvalue weighted by Crippen LogP contribution is 2.22. The number of aryl methyl sites for hydroxylation is 1. The molecule has 0 radical (unpaired) electrons. The van der Waals surface area contributed by atoms with Crippen molar-refractivity contribution in [2.24, 2.45) is 11.8 Å². The molecule has 0 fully saturated rings. The second kappa shape index (κ2) is 9.53.